The van der Waals surface area contributed by atoms with Crippen molar-refractivity contribution >= 4 is 11.5 Å². The minimum absolute atomic E-state index is 0.0428. The molecule has 2 aromatic rings. The molecule has 4 nitrogen and oxygen atoms in total. The van der Waals surface area contributed by atoms with Crippen LogP contribution in [-0.2, 0) is 6.42 Å². The van der Waals surface area contributed by atoms with Crippen LogP contribution in [0.5, 0.6) is 0 Å². The highest BCUT2D eigenvalue weighted by Gasteiger charge is 2.07. The molecular weight excluding hydrogens is 254 g/mol. The molecule has 0 atom stereocenters. The topological polar surface area (TPSA) is 60.2 Å². The highest BCUT2D eigenvalue weighted by atomic mass is 16.6. The predicted octanol–water partition coefficient (Wildman–Crippen LogP) is 3.02. The summed E-state index contributed by atoms with van der Waals surface area (Å²) in [6.45, 7) is 0. The van der Waals surface area contributed by atoms with Crippen molar-refractivity contribution in [1.82, 2.24) is 0 Å². The highest BCUT2D eigenvalue weighted by molar-refractivity contribution is 6.09. The largest absolute Gasteiger partial charge is 0.279 e. The molecule has 0 bridgehead atoms. The lowest BCUT2D eigenvalue weighted by atomic mass is 10.1. The fourth-order valence-corrected chi connectivity index (χ4v) is 1.63. The summed E-state index contributed by atoms with van der Waals surface area (Å²) >= 11 is 0. The summed E-state index contributed by atoms with van der Waals surface area (Å²) in [5.41, 5.74) is 1.35. The van der Waals surface area contributed by atoms with Crippen LogP contribution in [0.1, 0.15) is 15.9 Å². The zero-order valence-electron chi connectivity index (χ0n) is 10.6. The van der Waals surface area contributed by atoms with Crippen molar-refractivity contribution in [2.75, 3.05) is 0 Å². The van der Waals surface area contributed by atoms with Gasteiger partial charge in [-0.05, 0) is 23.6 Å². The lowest BCUT2D eigenvalue weighted by Crippen LogP contribution is -1.96. The second-order valence-electron chi connectivity index (χ2n) is 4.10. The van der Waals surface area contributed by atoms with Gasteiger partial charge in [-0.2, -0.15) is 0 Å². The number of nitro groups is 1. The third-order valence-corrected chi connectivity index (χ3v) is 2.68. The van der Waals surface area contributed by atoms with Gasteiger partial charge < -0.3 is 0 Å². The van der Waals surface area contributed by atoms with Crippen molar-refractivity contribution in [2.24, 2.45) is 0 Å². The van der Waals surface area contributed by atoms with Gasteiger partial charge in [0.1, 0.15) is 0 Å². The summed E-state index contributed by atoms with van der Waals surface area (Å²) < 4.78 is 0. The smallest absolute Gasteiger partial charge is 0.269 e. The minimum atomic E-state index is -0.505. The molecule has 0 aliphatic heterocycles. The summed E-state index contributed by atoms with van der Waals surface area (Å²) in [5, 5.41) is 10.5. The molecule has 0 amide bonds. The van der Waals surface area contributed by atoms with E-state index in [0.717, 1.165) is 5.56 Å². The number of benzene rings is 2. The fraction of sp³-hybridized carbons (Fsp3) is 0.0625. The first-order valence-electron chi connectivity index (χ1n) is 5.98. The van der Waals surface area contributed by atoms with Crippen LogP contribution in [0.2, 0.25) is 0 Å². The number of nitro benzene ring substituents is 1. The molecule has 0 spiro atoms. The molecule has 2 rings (SSSR count). The van der Waals surface area contributed by atoms with Gasteiger partial charge in [0.15, 0.2) is 0 Å². The van der Waals surface area contributed by atoms with Crippen molar-refractivity contribution < 1.29 is 9.72 Å². The number of ketones is 1. The average Bonchev–Trinajstić information content (AvgIpc) is 2.48. The maximum absolute atomic E-state index is 11.8. The Morgan fingerprint density at radius 3 is 2.30 bits per heavy atom. The van der Waals surface area contributed by atoms with Gasteiger partial charge in [0.05, 0.1) is 4.92 Å². The van der Waals surface area contributed by atoms with Crippen LogP contribution in [-0.4, -0.2) is 10.7 Å². The van der Waals surface area contributed by atoms with Gasteiger partial charge in [0.2, 0.25) is 5.78 Å². The van der Waals surface area contributed by atoms with Gasteiger partial charge in [0.25, 0.3) is 5.69 Å². The Bertz CT molecular complexity index is 679. The molecule has 0 aliphatic carbocycles. The normalized spacial score (nSPS) is 9.40. The molecule has 2 aromatic carbocycles. The van der Waals surface area contributed by atoms with Gasteiger partial charge >= 0.3 is 0 Å². The highest BCUT2D eigenvalue weighted by Crippen LogP contribution is 2.12. The van der Waals surface area contributed by atoms with E-state index in [0.29, 0.717) is 12.0 Å². The third-order valence-electron chi connectivity index (χ3n) is 2.68. The lowest BCUT2D eigenvalue weighted by molar-refractivity contribution is -0.384. The molecule has 0 saturated carbocycles. The average molecular weight is 265 g/mol. The van der Waals surface area contributed by atoms with Crippen LogP contribution in [0, 0.1) is 22.0 Å². The molecule has 20 heavy (non-hydrogen) atoms. The summed E-state index contributed by atoms with van der Waals surface area (Å²) in [4.78, 5) is 21.8. The molecule has 0 unspecified atom stereocenters. The summed E-state index contributed by atoms with van der Waals surface area (Å²) in [7, 11) is 0. The first-order valence-corrected chi connectivity index (χ1v) is 5.98. The van der Waals surface area contributed by atoms with E-state index >= 15 is 0 Å². The Balaban J connectivity index is 2.04. The third kappa shape index (κ3) is 3.53. The number of non-ortho nitro benzene ring substituents is 1. The van der Waals surface area contributed by atoms with Gasteiger partial charge in [-0.3, -0.25) is 14.9 Å². The van der Waals surface area contributed by atoms with Crippen LogP contribution in [0.25, 0.3) is 0 Å². The first kappa shape index (κ1) is 13.5. The van der Waals surface area contributed by atoms with Crippen molar-refractivity contribution in [3.63, 3.8) is 0 Å². The van der Waals surface area contributed by atoms with Gasteiger partial charge in [-0.25, -0.2) is 0 Å². The Morgan fingerprint density at radius 1 is 1.05 bits per heavy atom. The Hall–Kier alpha value is -2.93. The Labute approximate surface area is 116 Å². The van der Waals surface area contributed by atoms with Crippen molar-refractivity contribution in [1.29, 1.82) is 0 Å². The second-order valence-corrected chi connectivity index (χ2v) is 4.10. The maximum atomic E-state index is 11.8. The number of carbonyl (C=O) groups excluding carboxylic acids is 1. The van der Waals surface area contributed by atoms with Crippen molar-refractivity contribution in [2.45, 2.75) is 6.42 Å². The molecular formula is C16H11NO3. The van der Waals surface area contributed by atoms with Gasteiger partial charge in [-0.15, -0.1) is 0 Å². The Morgan fingerprint density at radius 2 is 1.70 bits per heavy atom. The summed E-state index contributed by atoms with van der Waals surface area (Å²) in [6.07, 6.45) is 0.500. The van der Waals surface area contributed by atoms with E-state index in [2.05, 4.69) is 11.8 Å². The molecule has 98 valence electrons. The van der Waals surface area contributed by atoms with Gasteiger partial charge in [0, 0.05) is 24.1 Å². The van der Waals surface area contributed by atoms with E-state index < -0.39 is 4.92 Å². The van der Waals surface area contributed by atoms with E-state index in [9.17, 15) is 14.9 Å². The second kappa shape index (κ2) is 6.30. The molecule has 4 heteroatoms. The molecule has 0 radical (unpaired) electrons. The van der Waals surface area contributed by atoms with Crippen molar-refractivity contribution in [3.05, 3.63) is 75.8 Å². The number of Topliss-reactive ketones (excluding diaryl/α,β-unsaturated/α-hetero) is 1. The van der Waals surface area contributed by atoms with Crippen LogP contribution < -0.4 is 0 Å². The summed E-state index contributed by atoms with van der Waals surface area (Å²) in [6, 6.07) is 15.0. The molecule has 0 saturated heterocycles. The number of nitrogens with zero attached hydrogens (tertiary/aromatic N) is 1. The zero-order chi connectivity index (χ0) is 14.4. The van der Waals surface area contributed by atoms with E-state index in [1.165, 1.54) is 24.3 Å². The quantitative estimate of drug-likeness (QED) is 0.282. The summed E-state index contributed by atoms with van der Waals surface area (Å²) in [5.74, 6) is 5.00. The van der Waals surface area contributed by atoms with E-state index in [4.69, 9.17) is 0 Å². The van der Waals surface area contributed by atoms with E-state index in [-0.39, 0.29) is 11.5 Å². The predicted molar refractivity (Wildman–Crippen MR) is 75.3 cm³/mol. The number of carbonyl (C=O) groups is 1. The monoisotopic (exact) mass is 265 g/mol. The van der Waals surface area contributed by atoms with E-state index in [1.807, 2.05) is 30.3 Å². The minimum Gasteiger partial charge on any atom is -0.279 e. The fourth-order valence-electron chi connectivity index (χ4n) is 1.63. The number of hydrogen-bond donors (Lipinski definition) is 0. The molecule has 0 heterocycles. The van der Waals surface area contributed by atoms with Crippen LogP contribution >= 0.6 is 0 Å². The number of hydrogen-bond acceptors (Lipinski definition) is 3. The van der Waals surface area contributed by atoms with Crippen LogP contribution in [0.3, 0.4) is 0 Å². The zero-order valence-corrected chi connectivity index (χ0v) is 10.6. The van der Waals surface area contributed by atoms with Gasteiger partial charge in [-0.1, -0.05) is 36.3 Å². The van der Waals surface area contributed by atoms with E-state index in [1.54, 1.807) is 0 Å². The Kier molecular flexibility index (Phi) is 4.25. The van der Waals surface area contributed by atoms with Crippen LogP contribution in [0.15, 0.2) is 54.6 Å². The standard InChI is InChI=1S/C16H11NO3/c18-16(8-4-7-13-5-2-1-3-6-13)14-9-11-15(12-10-14)17(19)20/h1-3,5-6,9-12H,7H2. The lowest BCUT2D eigenvalue weighted by Gasteiger charge is -1.94. The molecule has 0 N–H and O–H groups in total. The number of rotatable bonds is 3. The first-order chi connectivity index (χ1) is 9.66. The molecule has 0 aliphatic rings. The SMILES string of the molecule is O=C(C#CCc1ccccc1)c1ccc([N+](=O)[O-])cc1. The van der Waals surface area contributed by atoms with Crippen molar-refractivity contribution in [3.8, 4) is 11.8 Å². The molecule has 0 fully saturated rings. The maximum Gasteiger partial charge on any atom is 0.269 e. The molecule has 0 aromatic heterocycles. The van der Waals surface area contributed by atoms with Crippen LogP contribution in [0.4, 0.5) is 5.69 Å².